The van der Waals surface area contributed by atoms with Crippen LogP contribution in [0.4, 0.5) is 0 Å². The Bertz CT molecular complexity index is 1320. The summed E-state index contributed by atoms with van der Waals surface area (Å²) in [6.07, 6.45) is 0.451. The summed E-state index contributed by atoms with van der Waals surface area (Å²) in [7, 11) is 4.51. The van der Waals surface area contributed by atoms with Crippen LogP contribution in [0.2, 0.25) is 0 Å². The van der Waals surface area contributed by atoms with E-state index in [0.717, 1.165) is 16.9 Å². The Kier molecular flexibility index (Phi) is 7.30. The monoisotopic (exact) mass is 473 g/mol. The maximum atomic E-state index is 12.9. The van der Waals surface area contributed by atoms with Crippen molar-refractivity contribution in [3.63, 3.8) is 0 Å². The van der Waals surface area contributed by atoms with Crippen molar-refractivity contribution >= 4 is 22.7 Å². The lowest BCUT2D eigenvalue weighted by Crippen LogP contribution is -2.27. The molecule has 0 saturated heterocycles. The number of hydrogen-bond donors (Lipinski definition) is 1. The van der Waals surface area contributed by atoms with Crippen LogP contribution in [0.1, 0.15) is 26.5 Å². The highest BCUT2D eigenvalue weighted by Crippen LogP contribution is 2.38. The number of para-hydroxylation sites is 2. The van der Waals surface area contributed by atoms with E-state index in [4.69, 9.17) is 19.2 Å². The topological polar surface area (TPSA) is 91.7 Å². The van der Waals surface area contributed by atoms with Gasteiger partial charge in [-0.3, -0.25) is 9.59 Å². The second-order valence-electron chi connectivity index (χ2n) is 7.81. The molecular weight excluding hydrogens is 446 g/mol. The van der Waals surface area contributed by atoms with Crippen molar-refractivity contribution < 1.29 is 23.8 Å². The molecule has 0 saturated carbocycles. The molecule has 0 spiro atoms. The lowest BCUT2D eigenvalue weighted by Gasteiger charge is -2.14. The molecule has 1 heterocycles. The summed E-state index contributed by atoms with van der Waals surface area (Å²) in [5.41, 5.74) is 2.71. The van der Waals surface area contributed by atoms with Crippen LogP contribution in [-0.2, 0) is 13.0 Å². The fourth-order valence-corrected chi connectivity index (χ4v) is 3.95. The Labute approximate surface area is 203 Å². The third-order valence-electron chi connectivity index (χ3n) is 5.69. The summed E-state index contributed by atoms with van der Waals surface area (Å²) >= 11 is 0. The van der Waals surface area contributed by atoms with Gasteiger partial charge in [0.05, 0.1) is 38.9 Å². The second-order valence-corrected chi connectivity index (χ2v) is 7.81. The van der Waals surface area contributed by atoms with Gasteiger partial charge in [-0.05, 0) is 24.3 Å². The van der Waals surface area contributed by atoms with Crippen molar-refractivity contribution in [2.75, 3.05) is 27.9 Å². The summed E-state index contributed by atoms with van der Waals surface area (Å²) in [5, 5.41) is 2.91. The molecule has 1 aromatic heterocycles. The van der Waals surface area contributed by atoms with Crippen LogP contribution in [0.25, 0.3) is 11.0 Å². The van der Waals surface area contributed by atoms with Gasteiger partial charge in [0.25, 0.3) is 5.91 Å². The minimum absolute atomic E-state index is 0.00328. The highest BCUT2D eigenvalue weighted by molar-refractivity contribution is 5.97. The Morgan fingerprint density at radius 2 is 1.51 bits per heavy atom. The normalized spacial score (nSPS) is 10.7. The molecule has 0 aliphatic carbocycles. The van der Waals surface area contributed by atoms with E-state index < -0.39 is 0 Å². The van der Waals surface area contributed by atoms with Crippen LogP contribution in [0.3, 0.4) is 0 Å². The van der Waals surface area contributed by atoms with E-state index in [2.05, 4.69) is 5.32 Å². The molecule has 3 aromatic carbocycles. The number of imidazole rings is 1. The number of hydrogen-bond acceptors (Lipinski definition) is 6. The maximum Gasteiger partial charge on any atom is 0.251 e. The molecule has 0 radical (unpaired) electrons. The number of amides is 1. The van der Waals surface area contributed by atoms with Crippen molar-refractivity contribution in [2.45, 2.75) is 13.0 Å². The molecule has 180 valence electrons. The van der Waals surface area contributed by atoms with Crippen molar-refractivity contribution in [3.05, 3.63) is 83.7 Å². The average Bonchev–Trinajstić information content (AvgIpc) is 3.25. The van der Waals surface area contributed by atoms with Crippen LogP contribution in [0.5, 0.6) is 17.2 Å². The smallest absolute Gasteiger partial charge is 0.251 e. The first-order valence-electron chi connectivity index (χ1n) is 11.2. The maximum absolute atomic E-state index is 12.9. The molecule has 0 aliphatic heterocycles. The number of benzene rings is 3. The van der Waals surface area contributed by atoms with Crippen molar-refractivity contribution in [3.8, 4) is 17.2 Å². The fourth-order valence-electron chi connectivity index (χ4n) is 3.95. The van der Waals surface area contributed by atoms with Gasteiger partial charge in [-0.15, -0.1) is 0 Å². The van der Waals surface area contributed by atoms with E-state index in [1.807, 2.05) is 47.0 Å². The molecule has 1 amide bonds. The standard InChI is InChI=1S/C27H27N3O5/c1-33-23-15-19(16-24(34-2)26(23)35-3)27(32)28-14-13-25-29-20-11-7-8-12-21(20)30(25)17-22(31)18-9-5-4-6-10-18/h4-12,15-16H,13-14,17H2,1-3H3,(H,28,32). The van der Waals surface area contributed by atoms with Crippen LogP contribution in [0, 0.1) is 0 Å². The minimum atomic E-state index is -0.285. The van der Waals surface area contributed by atoms with Gasteiger partial charge >= 0.3 is 0 Å². The van der Waals surface area contributed by atoms with E-state index in [9.17, 15) is 9.59 Å². The van der Waals surface area contributed by atoms with Crippen LogP contribution < -0.4 is 19.5 Å². The number of ketones is 1. The predicted molar refractivity (Wildman–Crippen MR) is 133 cm³/mol. The first-order valence-corrected chi connectivity index (χ1v) is 11.2. The van der Waals surface area contributed by atoms with Gasteiger partial charge in [0, 0.05) is 24.1 Å². The zero-order valence-electron chi connectivity index (χ0n) is 19.9. The van der Waals surface area contributed by atoms with Crippen LogP contribution in [-0.4, -0.2) is 49.1 Å². The molecule has 4 rings (SSSR count). The molecule has 1 N–H and O–H groups in total. The average molecular weight is 474 g/mol. The largest absolute Gasteiger partial charge is 0.493 e. The number of rotatable bonds is 10. The number of aromatic nitrogens is 2. The SMILES string of the molecule is COc1cc(C(=O)NCCc2nc3ccccc3n2CC(=O)c2ccccc2)cc(OC)c1OC. The van der Waals surface area contributed by atoms with Crippen molar-refractivity contribution in [1.29, 1.82) is 0 Å². The Morgan fingerprint density at radius 1 is 0.857 bits per heavy atom. The number of methoxy groups -OCH3 is 3. The number of nitrogens with zero attached hydrogens (tertiary/aromatic N) is 2. The molecule has 0 aliphatic rings. The molecule has 35 heavy (non-hydrogen) atoms. The number of nitrogens with one attached hydrogen (secondary N) is 1. The van der Waals surface area contributed by atoms with Crippen molar-refractivity contribution in [2.24, 2.45) is 0 Å². The van der Waals surface area contributed by atoms with E-state index in [1.54, 1.807) is 24.3 Å². The minimum Gasteiger partial charge on any atom is -0.493 e. The molecule has 4 aromatic rings. The van der Waals surface area contributed by atoms with Crippen LogP contribution in [0.15, 0.2) is 66.7 Å². The number of carbonyl (C=O) groups excluding carboxylic acids is 2. The van der Waals surface area contributed by atoms with Gasteiger partial charge in [-0.1, -0.05) is 42.5 Å². The van der Waals surface area contributed by atoms with Gasteiger partial charge in [0.15, 0.2) is 17.3 Å². The quantitative estimate of drug-likeness (QED) is 0.351. The first-order chi connectivity index (χ1) is 17.0. The summed E-state index contributed by atoms with van der Waals surface area (Å²) < 4.78 is 17.9. The molecule has 0 atom stereocenters. The summed E-state index contributed by atoms with van der Waals surface area (Å²) in [6.45, 7) is 0.499. The Balaban J connectivity index is 1.51. The molecule has 0 unspecified atom stereocenters. The van der Waals surface area contributed by atoms with E-state index in [1.165, 1.54) is 21.3 Å². The number of Topliss-reactive ketones (excluding diaryl/α,β-unsaturated/α-hetero) is 1. The molecule has 8 nitrogen and oxygen atoms in total. The summed E-state index contributed by atoms with van der Waals surface area (Å²) in [4.78, 5) is 30.5. The van der Waals surface area contributed by atoms with Crippen LogP contribution >= 0.6 is 0 Å². The number of ether oxygens (including phenoxy) is 3. The fraction of sp³-hybridized carbons (Fsp3) is 0.222. The molecular formula is C27H27N3O5. The third kappa shape index (κ3) is 5.11. The third-order valence-corrected chi connectivity index (χ3v) is 5.69. The second kappa shape index (κ2) is 10.7. The highest BCUT2D eigenvalue weighted by Gasteiger charge is 2.18. The number of carbonyl (C=O) groups is 2. The van der Waals surface area contributed by atoms with Gasteiger partial charge < -0.3 is 24.1 Å². The van der Waals surface area contributed by atoms with Gasteiger partial charge in [-0.25, -0.2) is 4.98 Å². The van der Waals surface area contributed by atoms with Crippen molar-refractivity contribution in [1.82, 2.24) is 14.9 Å². The van der Waals surface area contributed by atoms with E-state index in [-0.39, 0.29) is 18.2 Å². The molecule has 8 heteroatoms. The molecule has 0 bridgehead atoms. The van der Waals surface area contributed by atoms with Gasteiger partial charge in [-0.2, -0.15) is 0 Å². The zero-order valence-corrected chi connectivity index (χ0v) is 19.9. The first kappa shape index (κ1) is 23.8. The zero-order chi connectivity index (χ0) is 24.8. The Hall–Kier alpha value is -4.33. The lowest BCUT2D eigenvalue weighted by molar-refractivity contribution is 0.0947. The lowest BCUT2D eigenvalue weighted by atomic mass is 10.1. The predicted octanol–water partition coefficient (Wildman–Crippen LogP) is 3.92. The van der Waals surface area contributed by atoms with Gasteiger partial charge in [0.2, 0.25) is 5.75 Å². The molecule has 0 fully saturated rings. The van der Waals surface area contributed by atoms with Gasteiger partial charge in [0.1, 0.15) is 5.82 Å². The number of fused-ring (bicyclic) bond motifs is 1. The summed E-state index contributed by atoms with van der Waals surface area (Å²) in [6, 6.07) is 20.1. The van der Waals surface area contributed by atoms with E-state index in [0.29, 0.717) is 41.3 Å². The Morgan fingerprint density at radius 3 is 2.17 bits per heavy atom. The highest BCUT2D eigenvalue weighted by atomic mass is 16.5. The summed E-state index contributed by atoms with van der Waals surface area (Å²) in [5.74, 6) is 1.66. The van der Waals surface area contributed by atoms with E-state index >= 15 is 0 Å².